The molecular weight excluding hydrogens is 234 g/mol. The van der Waals surface area contributed by atoms with Crippen LogP contribution in [0.3, 0.4) is 0 Å². The number of hydrogen-bond acceptors (Lipinski definition) is 2. The van der Waals surface area contributed by atoms with Crippen molar-refractivity contribution in [1.82, 2.24) is 10.2 Å². The van der Waals surface area contributed by atoms with Gasteiger partial charge in [0.2, 0.25) is 0 Å². The molecule has 0 unspecified atom stereocenters. The van der Waals surface area contributed by atoms with E-state index in [2.05, 4.69) is 51.8 Å². The second kappa shape index (κ2) is 6.76. The maximum atomic E-state index is 4.25. The minimum atomic E-state index is 0.620. The van der Waals surface area contributed by atoms with Crippen LogP contribution in [-0.4, -0.2) is 62.7 Å². The highest BCUT2D eigenvalue weighted by Gasteiger charge is 2.41. The van der Waals surface area contributed by atoms with Gasteiger partial charge in [-0.2, -0.15) is 0 Å². The van der Waals surface area contributed by atoms with Gasteiger partial charge >= 0.3 is 0 Å². The Morgan fingerprint density at radius 3 is 2.21 bits per heavy atom. The van der Waals surface area contributed by atoms with Crippen LogP contribution in [0.4, 0.5) is 0 Å². The van der Waals surface area contributed by atoms with E-state index in [-0.39, 0.29) is 0 Å². The Hall–Kier alpha value is -0.540. The molecule has 1 N–H and O–H groups in total. The Labute approximate surface area is 120 Å². The summed E-state index contributed by atoms with van der Waals surface area (Å²) < 4.78 is 1.10. The smallest absolute Gasteiger partial charge is 0.129 e. The van der Waals surface area contributed by atoms with E-state index in [4.69, 9.17) is 0 Å². The summed E-state index contributed by atoms with van der Waals surface area (Å²) in [6.07, 6.45) is 4.09. The average Bonchev–Trinajstić information content (AvgIpc) is 3.13. The Kier molecular flexibility index (Phi) is 5.87. The molecule has 112 valence electrons. The molecule has 0 spiro atoms. The standard InChI is InChI=1S/C12H25N2.C4H9N/c1-7-13(4)11(3)12-8-10(2)9-14(12,5)6;1-5-4-2-3-4/h10,12H,3,7-9H2,1-2,4-6H3;4-5H,2-3H2,1H3/q+1;/t10-,12+;/m1./s1. The zero-order valence-electron chi connectivity index (χ0n) is 13.9. The molecule has 1 heterocycles. The van der Waals surface area contributed by atoms with Crippen LogP contribution in [0.5, 0.6) is 0 Å². The molecule has 1 aliphatic carbocycles. The zero-order chi connectivity index (χ0) is 14.6. The van der Waals surface area contributed by atoms with Gasteiger partial charge in [-0.3, -0.25) is 0 Å². The summed E-state index contributed by atoms with van der Waals surface area (Å²) >= 11 is 0. The fourth-order valence-electron chi connectivity index (χ4n) is 3.04. The highest BCUT2D eigenvalue weighted by Crippen LogP contribution is 2.32. The van der Waals surface area contributed by atoms with E-state index < -0.39 is 0 Å². The largest absolute Gasteiger partial charge is 0.374 e. The lowest BCUT2D eigenvalue weighted by molar-refractivity contribution is -0.898. The Balaban J connectivity index is 0.000000300. The summed E-state index contributed by atoms with van der Waals surface area (Å²) in [6.45, 7) is 11.1. The van der Waals surface area contributed by atoms with Crippen molar-refractivity contribution < 1.29 is 4.48 Å². The molecule has 2 fully saturated rings. The second-order valence-corrected chi connectivity index (χ2v) is 6.89. The van der Waals surface area contributed by atoms with Crippen molar-refractivity contribution in [2.75, 3.05) is 41.3 Å². The molecule has 3 nitrogen and oxygen atoms in total. The highest BCUT2D eigenvalue weighted by molar-refractivity contribution is 5.03. The number of quaternary nitrogens is 1. The summed E-state index contributed by atoms with van der Waals surface area (Å²) in [5, 5.41) is 3.14. The van der Waals surface area contributed by atoms with Gasteiger partial charge in [-0.05, 0) is 26.8 Å². The molecule has 2 aliphatic rings. The Morgan fingerprint density at radius 2 is 1.95 bits per heavy atom. The summed E-state index contributed by atoms with van der Waals surface area (Å²) in [4.78, 5) is 2.28. The first-order valence-electron chi connectivity index (χ1n) is 7.71. The van der Waals surface area contributed by atoms with Crippen molar-refractivity contribution in [3.05, 3.63) is 12.3 Å². The van der Waals surface area contributed by atoms with Crippen molar-refractivity contribution in [2.45, 2.75) is 45.2 Å². The van der Waals surface area contributed by atoms with Crippen molar-refractivity contribution >= 4 is 0 Å². The van der Waals surface area contributed by atoms with Gasteiger partial charge in [0.05, 0.1) is 26.3 Å². The number of hydrogen-bond donors (Lipinski definition) is 1. The van der Waals surface area contributed by atoms with Crippen LogP contribution in [0.15, 0.2) is 12.3 Å². The SMILES string of the molecule is C=C([C@@H]1C[C@@H](C)C[N+]1(C)C)N(C)CC.CNC1CC1. The first-order valence-corrected chi connectivity index (χ1v) is 7.71. The monoisotopic (exact) mass is 268 g/mol. The third kappa shape index (κ3) is 4.81. The molecule has 0 aromatic rings. The highest BCUT2D eigenvalue weighted by atomic mass is 15.4. The normalized spacial score (nSPS) is 28.5. The predicted octanol–water partition coefficient (Wildman–Crippen LogP) is 2.30. The van der Waals surface area contributed by atoms with E-state index in [1.54, 1.807) is 0 Å². The molecule has 0 bridgehead atoms. The maximum Gasteiger partial charge on any atom is 0.129 e. The second-order valence-electron chi connectivity index (χ2n) is 6.89. The summed E-state index contributed by atoms with van der Waals surface area (Å²) in [6, 6.07) is 1.50. The number of rotatable bonds is 4. The van der Waals surface area contributed by atoms with E-state index in [1.807, 2.05) is 7.05 Å². The van der Waals surface area contributed by atoms with Crippen molar-refractivity contribution in [3.8, 4) is 0 Å². The molecule has 1 saturated heterocycles. The number of likely N-dealkylation sites (tertiary alicyclic amines) is 1. The van der Waals surface area contributed by atoms with Gasteiger partial charge in [0.25, 0.3) is 0 Å². The lowest BCUT2D eigenvalue weighted by Crippen LogP contribution is -2.47. The van der Waals surface area contributed by atoms with Crippen LogP contribution in [0, 0.1) is 5.92 Å². The minimum Gasteiger partial charge on any atom is -0.374 e. The van der Waals surface area contributed by atoms with Gasteiger partial charge in [-0.25, -0.2) is 0 Å². The Bertz CT molecular complexity index is 294. The van der Waals surface area contributed by atoms with Gasteiger partial charge < -0.3 is 14.7 Å². The van der Waals surface area contributed by atoms with Gasteiger partial charge in [-0.1, -0.05) is 13.5 Å². The summed E-state index contributed by atoms with van der Waals surface area (Å²) in [7, 11) is 8.80. The van der Waals surface area contributed by atoms with E-state index in [1.165, 1.54) is 31.5 Å². The first-order chi connectivity index (χ1) is 8.81. The fraction of sp³-hybridized carbons (Fsp3) is 0.875. The van der Waals surface area contributed by atoms with Crippen molar-refractivity contribution in [2.24, 2.45) is 5.92 Å². The molecule has 1 saturated carbocycles. The van der Waals surface area contributed by atoms with Crippen molar-refractivity contribution in [3.63, 3.8) is 0 Å². The molecule has 3 heteroatoms. The van der Waals surface area contributed by atoms with E-state index in [0.29, 0.717) is 6.04 Å². The van der Waals surface area contributed by atoms with Crippen LogP contribution in [0.1, 0.15) is 33.1 Å². The van der Waals surface area contributed by atoms with Gasteiger partial charge in [0.15, 0.2) is 0 Å². The van der Waals surface area contributed by atoms with E-state index in [0.717, 1.165) is 23.0 Å². The van der Waals surface area contributed by atoms with Crippen LogP contribution in [0.2, 0.25) is 0 Å². The quantitative estimate of drug-likeness (QED) is 0.787. The molecule has 0 amide bonds. The molecule has 19 heavy (non-hydrogen) atoms. The lowest BCUT2D eigenvalue weighted by atomic mass is 10.1. The van der Waals surface area contributed by atoms with E-state index in [9.17, 15) is 0 Å². The topological polar surface area (TPSA) is 15.3 Å². The van der Waals surface area contributed by atoms with Crippen molar-refractivity contribution in [1.29, 1.82) is 0 Å². The van der Waals surface area contributed by atoms with Gasteiger partial charge in [-0.15, -0.1) is 0 Å². The summed E-state index contributed by atoms with van der Waals surface area (Å²) in [5.41, 5.74) is 1.31. The van der Waals surface area contributed by atoms with Crippen LogP contribution >= 0.6 is 0 Å². The van der Waals surface area contributed by atoms with Gasteiger partial charge in [0, 0.05) is 32.0 Å². The first kappa shape index (κ1) is 16.5. The number of likely N-dealkylation sites (N-methyl/N-ethyl adjacent to an activating group) is 2. The molecular formula is C16H34N3+. The van der Waals surface area contributed by atoms with Crippen LogP contribution < -0.4 is 5.32 Å². The molecule has 1 aliphatic heterocycles. The average molecular weight is 268 g/mol. The third-order valence-corrected chi connectivity index (χ3v) is 4.59. The molecule has 0 aromatic carbocycles. The lowest BCUT2D eigenvalue weighted by Gasteiger charge is -2.35. The zero-order valence-corrected chi connectivity index (χ0v) is 13.9. The van der Waals surface area contributed by atoms with Crippen LogP contribution in [0.25, 0.3) is 0 Å². The van der Waals surface area contributed by atoms with E-state index >= 15 is 0 Å². The number of nitrogens with zero attached hydrogens (tertiary/aromatic N) is 2. The molecule has 0 radical (unpaired) electrons. The minimum absolute atomic E-state index is 0.620. The Morgan fingerprint density at radius 1 is 1.37 bits per heavy atom. The number of nitrogens with one attached hydrogen (secondary N) is 1. The van der Waals surface area contributed by atoms with Gasteiger partial charge in [0.1, 0.15) is 6.04 Å². The maximum absolute atomic E-state index is 4.25. The molecule has 2 rings (SSSR count). The fourth-order valence-corrected chi connectivity index (χ4v) is 3.04. The van der Waals surface area contributed by atoms with Crippen LogP contribution in [-0.2, 0) is 0 Å². The predicted molar refractivity (Wildman–Crippen MR) is 84.1 cm³/mol. The third-order valence-electron chi connectivity index (χ3n) is 4.59. The summed E-state index contributed by atoms with van der Waals surface area (Å²) in [5.74, 6) is 0.831. The molecule has 2 atom stereocenters. The molecule has 0 aromatic heterocycles.